The molecule has 1 aromatic carbocycles. The molecule has 0 unspecified atom stereocenters. The molecule has 0 fully saturated rings. The fourth-order valence-electron chi connectivity index (χ4n) is 1.37. The van der Waals surface area contributed by atoms with Crippen LogP contribution in [0.2, 0.25) is 0 Å². The van der Waals surface area contributed by atoms with Gasteiger partial charge in [0.05, 0.1) is 5.57 Å². The molecule has 1 aromatic rings. The lowest BCUT2D eigenvalue weighted by Crippen LogP contribution is -2.11. The van der Waals surface area contributed by atoms with Gasteiger partial charge in [-0.15, -0.1) is 0 Å². The van der Waals surface area contributed by atoms with E-state index in [0.29, 0.717) is 0 Å². The Morgan fingerprint density at radius 1 is 1.22 bits per heavy atom. The first-order valence-corrected chi connectivity index (χ1v) is 5.06. The highest BCUT2D eigenvalue weighted by molar-refractivity contribution is 5.71. The third-order valence-corrected chi connectivity index (χ3v) is 2.17. The fourth-order valence-corrected chi connectivity index (χ4v) is 1.37. The van der Waals surface area contributed by atoms with Gasteiger partial charge in [-0.1, -0.05) is 18.2 Å². The first-order valence-electron chi connectivity index (χ1n) is 5.06. The number of alkyl halides is 3. The average molecular weight is 262 g/mol. The smallest absolute Gasteiger partial charge is 0.416 e. The number of aliphatic carboxylic acids is 1. The summed E-state index contributed by atoms with van der Waals surface area (Å²) in [5, 5.41) is 8.38. The number of carbonyl (C=O) groups is 1. The molecule has 0 bridgehead atoms. The third-order valence-electron chi connectivity index (χ3n) is 2.17. The Morgan fingerprint density at radius 3 is 2.22 bits per heavy atom. The van der Waals surface area contributed by atoms with Crippen molar-refractivity contribution >= 4 is 11.5 Å². The van der Waals surface area contributed by atoms with Crippen LogP contribution in [0.1, 0.15) is 18.4 Å². The highest BCUT2D eigenvalue weighted by Gasteiger charge is 2.34. The van der Waals surface area contributed by atoms with Crippen LogP contribution in [0.4, 0.5) is 17.6 Å². The minimum Gasteiger partial charge on any atom is -0.481 e. The van der Waals surface area contributed by atoms with Gasteiger partial charge >= 0.3 is 12.1 Å². The number of benzene rings is 1. The van der Waals surface area contributed by atoms with Crippen molar-refractivity contribution in [2.45, 2.75) is 19.0 Å². The van der Waals surface area contributed by atoms with Gasteiger partial charge in [0.2, 0.25) is 0 Å². The maximum atomic E-state index is 12.7. The Bertz CT molecular complexity index is 446. The second kappa shape index (κ2) is 5.66. The fraction of sp³-hybridized carbons (Fsp3) is 0.250. The Balaban J connectivity index is 2.99. The molecule has 0 radical (unpaired) electrons. The van der Waals surface area contributed by atoms with Crippen LogP contribution in [-0.2, 0) is 4.79 Å². The molecule has 0 aromatic heterocycles. The van der Waals surface area contributed by atoms with E-state index >= 15 is 0 Å². The lowest BCUT2D eigenvalue weighted by Gasteiger charge is -2.12. The molecule has 1 rings (SSSR count). The molecular formula is C12H10F4O2. The van der Waals surface area contributed by atoms with Crippen LogP contribution < -0.4 is 0 Å². The zero-order valence-corrected chi connectivity index (χ0v) is 9.17. The molecular weight excluding hydrogens is 252 g/mol. The summed E-state index contributed by atoms with van der Waals surface area (Å²) in [4.78, 5) is 10.3. The summed E-state index contributed by atoms with van der Waals surface area (Å²) in [7, 11) is 0. The van der Waals surface area contributed by atoms with Crippen LogP contribution >= 0.6 is 0 Å². The molecule has 0 saturated heterocycles. The molecule has 18 heavy (non-hydrogen) atoms. The normalized spacial score (nSPS) is 12.6. The molecule has 1 N–H and O–H groups in total. The van der Waals surface area contributed by atoms with Crippen molar-refractivity contribution in [1.29, 1.82) is 0 Å². The van der Waals surface area contributed by atoms with Crippen LogP contribution in [0.3, 0.4) is 0 Å². The summed E-state index contributed by atoms with van der Waals surface area (Å²) in [6, 6.07) is 3.86. The largest absolute Gasteiger partial charge is 0.481 e. The maximum absolute atomic E-state index is 12.7. The van der Waals surface area contributed by atoms with Gasteiger partial charge in [0.1, 0.15) is 5.82 Å². The molecule has 0 aliphatic heterocycles. The van der Waals surface area contributed by atoms with Gasteiger partial charge in [0.15, 0.2) is 0 Å². The number of allylic oxidation sites excluding steroid dienone is 2. The second-order valence-electron chi connectivity index (χ2n) is 3.55. The Labute approximate surface area is 101 Å². The molecule has 0 aliphatic rings. The quantitative estimate of drug-likeness (QED) is 0.841. The van der Waals surface area contributed by atoms with Gasteiger partial charge < -0.3 is 5.11 Å². The zero-order valence-electron chi connectivity index (χ0n) is 9.17. The monoisotopic (exact) mass is 262 g/mol. The predicted molar refractivity (Wildman–Crippen MR) is 57.3 cm³/mol. The molecule has 0 saturated carbocycles. The summed E-state index contributed by atoms with van der Waals surface area (Å²) < 4.78 is 50.8. The molecule has 0 spiro atoms. The second-order valence-corrected chi connectivity index (χ2v) is 3.55. The Kier molecular flexibility index (Phi) is 4.47. The van der Waals surface area contributed by atoms with E-state index in [1.807, 2.05) is 0 Å². The first-order chi connectivity index (χ1) is 8.30. The van der Waals surface area contributed by atoms with Gasteiger partial charge in [0.25, 0.3) is 0 Å². The number of carboxylic acids is 1. The van der Waals surface area contributed by atoms with E-state index in [2.05, 4.69) is 0 Å². The molecule has 0 heterocycles. The van der Waals surface area contributed by atoms with E-state index < -0.39 is 23.5 Å². The summed E-state index contributed by atoms with van der Waals surface area (Å²) in [5.74, 6) is -1.81. The first kappa shape index (κ1) is 14.2. The number of carboxylic acid groups (broad SMARTS) is 1. The number of hydrogen-bond acceptors (Lipinski definition) is 1. The van der Waals surface area contributed by atoms with Crippen molar-refractivity contribution in [2.75, 3.05) is 0 Å². The minimum atomic E-state index is -4.60. The van der Waals surface area contributed by atoms with Gasteiger partial charge in [-0.05, 0) is 24.1 Å². The molecule has 2 nitrogen and oxygen atoms in total. The van der Waals surface area contributed by atoms with E-state index in [1.165, 1.54) is 0 Å². The summed E-state index contributed by atoms with van der Waals surface area (Å²) in [6.45, 7) is 0. The van der Waals surface area contributed by atoms with Gasteiger partial charge in [-0.2, -0.15) is 13.2 Å². The van der Waals surface area contributed by atoms with Crippen LogP contribution in [0.25, 0.3) is 5.57 Å². The van der Waals surface area contributed by atoms with Crippen molar-refractivity contribution in [3.8, 4) is 0 Å². The van der Waals surface area contributed by atoms with Crippen LogP contribution in [-0.4, -0.2) is 17.3 Å². The summed E-state index contributed by atoms with van der Waals surface area (Å²) in [6.07, 6.45) is -4.42. The Hall–Kier alpha value is -1.85. The van der Waals surface area contributed by atoms with Crippen LogP contribution in [0.5, 0.6) is 0 Å². The number of hydrogen-bond donors (Lipinski definition) is 1. The zero-order chi connectivity index (χ0) is 13.8. The van der Waals surface area contributed by atoms with Crippen molar-refractivity contribution < 1.29 is 27.5 Å². The van der Waals surface area contributed by atoms with E-state index in [1.54, 1.807) is 0 Å². The van der Waals surface area contributed by atoms with Crippen molar-refractivity contribution in [3.05, 3.63) is 41.7 Å². The molecule has 6 heteroatoms. The standard InChI is InChI=1S/C12H10F4O2/c13-9-6-4-8(5-7-9)10(12(14,15)16)2-1-3-11(17)18/h2,4-7H,1,3H2,(H,17,18)/b10-2-. The van der Waals surface area contributed by atoms with E-state index in [9.17, 15) is 22.4 Å². The third kappa shape index (κ3) is 4.20. The Morgan fingerprint density at radius 2 is 1.78 bits per heavy atom. The SMILES string of the molecule is O=C(O)CC/C=C(/c1ccc(F)cc1)C(F)(F)F. The minimum absolute atomic E-state index is 0.186. The van der Waals surface area contributed by atoms with Crippen molar-refractivity contribution in [3.63, 3.8) is 0 Å². The topological polar surface area (TPSA) is 37.3 Å². The van der Waals surface area contributed by atoms with Crippen molar-refractivity contribution in [1.82, 2.24) is 0 Å². The molecule has 0 amide bonds. The van der Waals surface area contributed by atoms with Crippen LogP contribution in [0.15, 0.2) is 30.3 Å². The lowest BCUT2D eigenvalue weighted by atomic mass is 10.0. The van der Waals surface area contributed by atoms with Gasteiger partial charge in [0, 0.05) is 6.42 Å². The lowest BCUT2D eigenvalue weighted by molar-refractivity contribution is -0.136. The molecule has 98 valence electrons. The van der Waals surface area contributed by atoms with Gasteiger partial charge in [-0.25, -0.2) is 4.39 Å². The van der Waals surface area contributed by atoms with E-state index in [-0.39, 0.29) is 18.4 Å². The number of halogens is 4. The maximum Gasteiger partial charge on any atom is 0.416 e. The van der Waals surface area contributed by atoms with E-state index in [4.69, 9.17) is 5.11 Å². The van der Waals surface area contributed by atoms with Crippen molar-refractivity contribution in [2.24, 2.45) is 0 Å². The predicted octanol–water partition coefficient (Wildman–Crippen LogP) is 3.64. The average Bonchev–Trinajstić information content (AvgIpc) is 2.24. The molecule has 0 atom stereocenters. The van der Waals surface area contributed by atoms with Gasteiger partial charge in [-0.3, -0.25) is 4.79 Å². The summed E-state index contributed by atoms with van der Waals surface area (Å²) in [5.41, 5.74) is -1.14. The van der Waals surface area contributed by atoms with Crippen LogP contribution in [0, 0.1) is 5.82 Å². The highest BCUT2D eigenvalue weighted by Crippen LogP contribution is 2.34. The van der Waals surface area contributed by atoms with E-state index in [0.717, 1.165) is 30.3 Å². The highest BCUT2D eigenvalue weighted by atomic mass is 19.4. The summed E-state index contributed by atoms with van der Waals surface area (Å²) >= 11 is 0. The number of rotatable bonds is 4. The molecule has 0 aliphatic carbocycles.